The number of pyridine rings is 1. The average Bonchev–Trinajstić information content (AvgIpc) is 3.07. The molecule has 128 valence electrons. The fourth-order valence-electron chi connectivity index (χ4n) is 2.67. The van der Waals surface area contributed by atoms with Crippen LogP contribution in [0.25, 0.3) is 0 Å². The first-order chi connectivity index (χ1) is 11.8. The van der Waals surface area contributed by atoms with E-state index in [0.29, 0.717) is 24.7 Å². The smallest absolute Gasteiger partial charge is 0.275 e. The summed E-state index contributed by atoms with van der Waals surface area (Å²) in [5.41, 5.74) is 1.40. The van der Waals surface area contributed by atoms with Crippen molar-refractivity contribution in [2.45, 2.75) is 26.3 Å². The van der Waals surface area contributed by atoms with E-state index in [-0.39, 0.29) is 5.91 Å². The van der Waals surface area contributed by atoms with Crippen molar-refractivity contribution in [3.63, 3.8) is 0 Å². The molecule has 0 spiro atoms. The molecule has 2 aromatic heterocycles. The molecule has 0 bridgehead atoms. The predicted molar refractivity (Wildman–Crippen MR) is 92.4 cm³/mol. The van der Waals surface area contributed by atoms with Crippen molar-refractivity contribution in [1.29, 1.82) is 0 Å². The largest absolute Gasteiger partial charge is 0.378 e. The maximum Gasteiger partial charge on any atom is 0.275 e. The van der Waals surface area contributed by atoms with Crippen molar-refractivity contribution < 1.29 is 9.53 Å². The average molecular weight is 329 g/mol. The summed E-state index contributed by atoms with van der Waals surface area (Å²) in [6, 6.07) is 5.56. The number of rotatable bonds is 6. The van der Waals surface area contributed by atoms with Gasteiger partial charge >= 0.3 is 0 Å². The van der Waals surface area contributed by atoms with Gasteiger partial charge in [-0.25, -0.2) is 4.68 Å². The van der Waals surface area contributed by atoms with Crippen LogP contribution in [0.1, 0.15) is 30.3 Å². The number of anilines is 2. The van der Waals surface area contributed by atoms with Gasteiger partial charge in [0.2, 0.25) is 0 Å². The van der Waals surface area contributed by atoms with Gasteiger partial charge in [-0.2, -0.15) is 5.10 Å². The Kier molecular flexibility index (Phi) is 5.43. The Morgan fingerprint density at radius 1 is 1.29 bits per heavy atom. The molecule has 7 heteroatoms. The first-order valence-corrected chi connectivity index (χ1v) is 8.40. The molecule has 0 aliphatic carbocycles. The Morgan fingerprint density at radius 3 is 2.92 bits per heavy atom. The van der Waals surface area contributed by atoms with Gasteiger partial charge in [0.05, 0.1) is 19.4 Å². The third kappa shape index (κ3) is 3.91. The van der Waals surface area contributed by atoms with Gasteiger partial charge in [0.25, 0.3) is 5.91 Å². The maximum absolute atomic E-state index is 12.5. The van der Waals surface area contributed by atoms with E-state index in [9.17, 15) is 4.79 Å². The third-order valence-electron chi connectivity index (χ3n) is 4.03. The van der Waals surface area contributed by atoms with Gasteiger partial charge in [-0.3, -0.25) is 9.78 Å². The van der Waals surface area contributed by atoms with Crippen molar-refractivity contribution in [2.24, 2.45) is 0 Å². The van der Waals surface area contributed by atoms with Crippen LogP contribution in [0.4, 0.5) is 11.5 Å². The molecule has 1 saturated heterocycles. The van der Waals surface area contributed by atoms with E-state index in [0.717, 1.165) is 38.2 Å². The van der Waals surface area contributed by atoms with Crippen LogP contribution in [0.3, 0.4) is 0 Å². The fourth-order valence-corrected chi connectivity index (χ4v) is 2.67. The highest BCUT2D eigenvalue weighted by atomic mass is 16.5. The lowest BCUT2D eigenvalue weighted by Gasteiger charge is -2.28. The molecule has 0 atom stereocenters. The molecule has 1 amide bonds. The summed E-state index contributed by atoms with van der Waals surface area (Å²) in [5, 5.41) is 7.15. The predicted octanol–water partition coefficient (Wildman–Crippen LogP) is 2.17. The number of nitrogens with zero attached hydrogens (tertiary/aromatic N) is 4. The van der Waals surface area contributed by atoms with Crippen molar-refractivity contribution in [3.8, 4) is 0 Å². The minimum absolute atomic E-state index is 0.219. The van der Waals surface area contributed by atoms with Gasteiger partial charge < -0.3 is 15.0 Å². The second kappa shape index (κ2) is 7.92. The number of aryl methyl sites for hydroxylation is 1. The Balaban J connectivity index is 1.70. The number of amides is 1. The molecule has 1 aliphatic rings. The third-order valence-corrected chi connectivity index (χ3v) is 4.03. The summed E-state index contributed by atoms with van der Waals surface area (Å²) in [4.78, 5) is 18.9. The summed E-state index contributed by atoms with van der Waals surface area (Å²) in [6.45, 7) is 5.99. The minimum atomic E-state index is -0.219. The van der Waals surface area contributed by atoms with Gasteiger partial charge in [-0.1, -0.05) is 13.3 Å². The molecular formula is C17H23N5O2. The number of aromatic nitrogens is 3. The Bertz CT molecular complexity index is 679. The topological polar surface area (TPSA) is 72.3 Å². The molecule has 0 unspecified atom stereocenters. The van der Waals surface area contributed by atoms with Gasteiger partial charge in [0.1, 0.15) is 11.5 Å². The number of carbonyl (C=O) groups is 1. The van der Waals surface area contributed by atoms with Crippen LogP contribution in [0.15, 0.2) is 30.6 Å². The zero-order valence-electron chi connectivity index (χ0n) is 13.9. The molecule has 2 aromatic rings. The monoisotopic (exact) mass is 329 g/mol. The minimum Gasteiger partial charge on any atom is -0.378 e. The Labute approximate surface area is 141 Å². The van der Waals surface area contributed by atoms with Crippen molar-refractivity contribution in [3.05, 3.63) is 36.3 Å². The molecular weight excluding hydrogens is 306 g/mol. The molecule has 0 aromatic carbocycles. The maximum atomic E-state index is 12.5. The summed E-state index contributed by atoms with van der Waals surface area (Å²) >= 11 is 0. The molecule has 0 radical (unpaired) electrons. The van der Waals surface area contributed by atoms with Crippen molar-refractivity contribution in [2.75, 3.05) is 36.5 Å². The normalized spacial score (nSPS) is 14.6. The zero-order chi connectivity index (χ0) is 16.8. The molecule has 1 aliphatic heterocycles. The second-order valence-corrected chi connectivity index (χ2v) is 5.75. The second-order valence-electron chi connectivity index (χ2n) is 5.75. The number of hydrogen-bond donors (Lipinski definition) is 1. The van der Waals surface area contributed by atoms with E-state index >= 15 is 0 Å². The highest BCUT2D eigenvalue weighted by Gasteiger charge is 2.15. The first-order valence-electron chi connectivity index (χ1n) is 8.40. The summed E-state index contributed by atoms with van der Waals surface area (Å²) in [7, 11) is 0. The number of carbonyl (C=O) groups excluding carboxylic acids is 1. The van der Waals surface area contributed by atoms with Crippen molar-refractivity contribution >= 4 is 17.4 Å². The fraction of sp³-hybridized carbons (Fsp3) is 0.471. The quantitative estimate of drug-likeness (QED) is 0.879. The van der Waals surface area contributed by atoms with Crippen LogP contribution in [0.2, 0.25) is 0 Å². The van der Waals surface area contributed by atoms with E-state index in [1.54, 1.807) is 18.5 Å². The van der Waals surface area contributed by atoms with Crippen molar-refractivity contribution in [1.82, 2.24) is 14.8 Å². The van der Waals surface area contributed by atoms with Gasteiger partial charge in [-0.15, -0.1) is 0 Å². The van der Waals surface area contributed by atoms with E-state index in [1.165, 1.54) is 0 Å². The molecule has 1 N–H and O–H groups in total. The number of morpholine rings is 1. The highest BCUT2D eigenvalue weighted by Crippen LogP contribution is 2.17. The van der Waals surface area contributed by atoms with Crippen LogP contribution < -0.4 is 10.2 Å². The number of ether oxygens (including phenoxy) is 1. The SMILES string of the molecule is CCCCn1nccc1NC(=O)c1cc(N2CCOCC2)ccn1. The van der Waals surface area contributed by atoms with E-state index in [1.807, 2.05) is 16.8 Å². The van der Waals surface area contributed by atoms with Crippen LogP contribution in [-0.2, 0) is 11.3 Å². The Morgan fingerprint density at radius 2 is 2.12 bits per heavy atom. The summed E-state index contributed by atoms with van der Waals surface area (Å²) in [5.74, 6) is 0.482. The van der Waals surface area contributed by atoms with Crippen LogP contribution in [-0.4, -0.2) is 47.0 Å². The molecule has 0 saturated carbocycles. The number of hydrogen-bond acceptors (Lipinski definition) is 5. The zero-order valence-corrected chi connectivity index (χ0v) is 13.9. The standard InChI is InChI=1S/C17H23N5O2/c1-2-3-8-22-16(5-7-19-22)20-17(23)15-13-14(4-6-18-15)21-9-11-24-12-10-21/h4-7,13H,2-3,8-12H2,1H3,(H,20,23). The molecule has 3 heterocycles. The lowest BCUT2D eigenvalue weighted by molar-refractivity contribution is 0.102. The number of unbranched alkanes of at least 4 members (excludes halogenated alkanes) is 1. The number of nitrogens with one attached hydrogen (secondary N) is 1. The van der Waals surface area contributed by atoms with Crippen LogP contribution in [0, 0.1) is 0 Å². The van der Waals surface area contributed by atoms with E-state index in [2.05, 4.69) is 27.2 Å². The summed E-state index contributed by atoms with van der Waals surface area (Å²) in [6.07, 6.45) is 5.47. The lowest BCUT2D eigenvalue weighted by atomic mass is 10.2. The van der Waals surface area contributed by atoms with E-state index in [4.69, 9.17) is 4.74 Å². The molecule has 1 fully saturated rings. The van der Waals surface area contributed by atoms with E-state index < -0.39 is 0 Å². The van der Waals surface area contributed by atoms with Crippen LogP contribution >= 0.6 is 0 Å². The summed E-state index contributed by atoms with van der Waals surface area (Å²) < 4.78 is 7.18. The van der Waals surface area contributed by atoms with Gasteiger partial charge in [-0.05, 0) is 18.6 Å². The first kappa shape index (κ1) is 16.4. The molecule has 3 rings (SSSR count). The highest BCUT2D eigenvalue weighted by molar-refractivity contribution is 6.02. The van der Waals surface area contributed by atoms with Gasteiger partial charge in [0.15, 0.2) is 0 Å². The molecule has 24 heavy (non-hydrogen) atoms. The lowest BCUT2D eigenvalue weighted by Crippen LogP contribution is -2.36. The van der Waals surface area contributed by atoms with Gasteiger partial charge in [0, 0.05) is 37.6 Å². The van der Waals surface area contributed by atoms with Crippen LogP contribution in [0.5, 0.6) is 0 Å². The Hall–Kier alpha value is -2.41. The molecule has 7 nitrogen and oxygen atoms in total.